The molecule has 1 nitrogen and oxygen atoms in total. The van der Waals surface area contributed by atoms with Gasteiger partial charge in [0.25, 0.3) is 0 Å². The van der Waals surface area contributed by atoms with Crippen molar-refractivity contribution >= 4 is 5.78 Å². The van der Waals surface area contributed by atoms with Gasteiger partial charge in [0.15, 0.2) is 0 Å². The first-order valence-corrected chi connectivity index (χ1v) is 5.24. The van der Waals surface area contributed by atoms with E-state index >= 15 is 0 Å². The minimum atomic E-state index is 0.454. The molecule has 0 unspecified atom stereocenters. The minimum Gasteiger partial charge on any atom is -0.300 e. The normalized spacial score (nSPS) is 14.9. The lowest BCUT2D eigenvalue weighted by atomic mass is 10.1. The zero-order chi connectivity index (χ0) is 10.4. The fourth-order valence-corrected chi connectivity index (χ4v) is 1.43. The van der Waals surface area contributed by atoms with Crippen LogP contribution in [0, 0.1) is 13.8 Å². The lowest BCUT2D eigenvalue weighted by Crippen LogP contribution is -1.81. The van der Waals surface area contributed by atoms with Crippen LogP contribution >= 0.6 is 0 Å². The van der Waals surface area contributed by atoms with Gasteiger partial charge >= 0.3 is 0 Å². The molecule has 0 amide bonds. The molecule has 0 heterocycles. The smallest absolute Gasteiger partial charge is 0.132 e. The Kier molecular flexibility index (Phi) is 4.37. The summed E-state index contributed by atoms with van der Waals surface area (Å²) in [5.74, 6) is 0.454. The van der Waals surface area contributed by atoms with Gasteiger partial charge in [0.05, 0.1) is 0 Å². The van der Waals surface area contributed by atoms with E-state index in [1.54, 1.807) is 0 Å². The number of Topliss-reactive ketones (excluding diaryl/α,β-unsaturated/α-hetero) is 1. The van der Waals surface area contributed by atoms with E-state index < -0.39 is 0 Å². The number of ketones is 1. The van der Waals surface area contributed by atoms with E-state index in [1.165, 1.54) is 11.1 Å². The second-order valence-electron chi connectivity index (χ2n) is 3.83. The maximum atomic E-state index is 10.2. The highest BCUT2D eigenvalue weighted by molar-refractivity contribution is 5.80. The van der Waals surface area contributed by atoms with Crippen molar-refractivity contribution in [3.05, 3.63) is 35.4 Å². The largest absolute Gasteiger partial charge is 0.300 e. The molecule has 0 saturated heterocycles. The predicted molar refractivity (Wildman–Crippen MR) is 59.4 cm³/mol. The van der Waals surface area contributed by atoms with Crippen molar-refractivity contribution in [2.45, 2.75) is 39.5 Å². The Morgan fingerprint density at radius 3 is 1.57 bits per heavy atom. The van der Waals surface area contributed by atoms with E-state index in [2.05, 4.69) is 38.1 Å². The summed E-state index contributed by atoms with van der Waals surface area (Å²) in [5, 5.41) is 0. The van der Waals surface area contributed by atoms with Gasteiger partial charge in [-0.3, -0.25) is 4.79 Å². The zero-order valence-electron chi connectivity index (χ0n) is 9.05. The maximum absolute atomic E-state index is 10.2. The first-order valence-electron chi connectivity index (χ1n) is 5.24. The lowest BCUT2D eigenvalue weighted by molar-refractivity contribution is -0.117. The molecular weight excluding hydrogens is 172 g/mol. The van der Waals surface area contributed by atoms with Crippen molar-refractivity contribution < 1.29 is 4.79 Å². The molecule has 1 fully saturated rings. The lowest BCUT2D eigenvalue weighted by Gasteiger charge is -1.93. The van der Waals surface area contributed by atoms with Crippen LogP contribution in [-0.2, 0) is 4.79 Å². The molecule has 1 aromatic carbocycles. The number of carbonyl (C=O) groups is 1. The Balaban J connectivity index is 0.000000146. The molecule has 1 aliphatic rings. The van der Waals surface area contributed by atoms with Crippen LogP contribution in [-0.4, -0.2) is 5.78 Å². The molecule has 1 aliphatic carbocycles. The number of hydrogen-bond acceptors (Lipinski definition) is 1. The summed E-state index contributed by atoms with van der Waals surface area (Å²) >= 11 is 0. The van der Waals surface area contributed by atoms with E-state index in [0.717, 1.165) is 25.7 Å². The van der Waals surface area contributed by atoms with Gasteiger partial charge in [-0.2, -0.15) is 0 Å². The topological polar surface area (TPSA) is 17.1 Å². The average Bonchev–Trinajstić information content (AvgIpc) is 2.63. The van der Waals surface area contributed by atoms with Crippen molar-refractivity contribution in [1.29, 1.82) is 0 Å². The fraction of sp³-hybridized carbons (Fsp3) is 0.462. The van der Waals surface area contributed by atoms with Crippen molar-refractivity contribution in [1.82, 2.24) is 0 Å². The van der Waals surface area contributed by atoms with E-state index in [4.69, 9.17) is 0 Å². The Morgan fingerprint density at radius 1 is 0.929 bits per heavy atom. The quantitative estimate of drug-likeness (QED) is 0.612. The minimum absolute atomic E-state index is 0.454. The molecule has 0 N–H and O–H groups in total. The Labute approximate surface area is 86.1 Å². The third kappa shape index (κ3) is 3.73. The van der Waals surface area contributed by atoms with Crippen molar-refractivity contribution in [2.75, 3.05) is 0 Å². The summed E-state index contributed by atoms with van der Waals surface area (Å²) in [5.41, 5.74) is 2.74. The summed E-state index contributed by atoms with van der Waals surface area (Å²) in [6, 6.07) is 8.36. The standard InChI is InChI=1S/C8H10.C5H8O/c1-7-5-3-4-6-8(7)2;6-5-3-1-2-4-5/h3-6H,1-2H3;1-4H2. The van der Waals surface area contributed by atoms with E-state index in [-0.39, 0.29) is 0 Å². The molecule has 1 saturated carbocycles. The van der Waals surface area contributed by atoms with E-state index in [0.29, 0.717) is 5.78 Å². The van der Waals surface area contributed by atoms with E-state index in [9.17, 15) is 4.79 Å². The van der Waals surface area contributed by atoms with Crippen LogP contribution in [0.5, 0.6) is 0 Å². The van der Waals surface area contributed by atoms with Gasteiger partial charge in [0, 0.05) is 12.8 Å². The molecule has 76 valence electrons. The summed E-state index contributed by atoms with van der Waals surface area (Å²) in [7, 11) is 0. The number of hydrogen-bond donors (Lipinski definition) is 0. The molecular formula is C13H18O. The molecule has 0 bridgehead atoms. The van der Waals surface area contributed by atoms with Crippen molar-refractivity contribution in [2.24, 2.45) is 0 Å². The average molecular weight is 190 g/mol. The molecule has 14 heavy (non-hydrogen) atoms. The Morgan fingerprint density at radius 2 is 1.36 bits per heavy atom. The number of aryl methyl sites for hydroxylation is 2. The van der Waals surface area contributed by atoms with Gasteiger partial charge in [-0.1, -0.05) is 24.3 Å². The summed E-state index contributed by atoms with van der Waals surface area (Å²) < 4.78 is 0. The Bertz CT molecular complexity index is 273. The third-order valence-corrected chi connectivity index (χ3v) is 2.59. The highest BCUT2D eigenvalue weighted by Gasteiger charge is 2.07. The molecule has 0 radical (unpaired) electrons. The van der Waals surface area contributed by atoms with Crippen LogP contribution < -0.4 is 0 Å². The molecule has 0 aromatic heterocycles. The summed E-state index contributed by atoms with van der Waals surface area (Å²) in [6.45, 7) is 4.24. The molecule has 1 heteroatoms. The zero-order valence-corrected chi connectivity index (χ0v) is 9.05. The highest BCUT2D eigenvalue weighted by atomic mass is 16.1. The Hall–Kier alpha value is -1.11. The van der Waals surface area contributed by atoms with Crippen molar-refractivity contribution in [3.63, 3.8) is 0 Å². The molecule has 0 atom stereocenters. The molecule has 0 spiro atoms. The van der Waals surface area contributed by atoms with Crippen molar-refractivity contribution in [3.8, 4) is 0 Å². The van der Waals surface area contributed by atoms with Crippen LogP contribution in [0.25, 0.3) is 0 Å². The molecule has 0 aliphatic heterocycles. The monoisotopic (exact) mass is 190 g/mol. The predicted octanol–water partition coefficient (Wildman–Crippen LogP) is 3.43. The van der Waals surface area contributed by atoms with Gasteiger partial charge in [-0.25, -0.2) is 0 Å². The number of carbonyl (C=O) groups excluding carboxylic acids is 1. The fourth-order valence-electron chi connectivity index (χ4n) is 1.43. The second kappa shape index (κ2) is 5.58. The van der Waals surface area contributed by atoms with Crippen LogP contribution in [0.4, 0.5) is 0 Å². The van der Waals surface area contributed by atoms with Crippen LogP contribution in [0.2, 0.25) is 0 Å². The third-order valence-electron chi connectivity index (χ3n) is 2.59. The highest BCUT2D eigenvalue weighted by Crippen LogP contribution is 2.11. The van der Waals surface area contributed by atoms with Gasteiger partial charge < -0.3 is 0 Å². The van der Waals surface area contributed by atoms with Crippen LogP contribution in [0.3, 0.4) is 0 Å². The SMILES string of the molecule is Cc1ccccc1C.O=C1CCCC1. The summed E-state index contributed by atoms with van der Waals surface area (Å²) in [6.07, 6.45) is 3.97. The molecule has 1 aromatic rings. The van der Waals surface area contributed by atoms with E-state index in [1.807, 2.05) is 0 Å². The first kappa shape index (κ1) is 11.0. The first-order chi connectivity index (χ1) is 6.70. The van der Waals surface area contributed by atoms with Gasteiger partial charge in [0.2, 0.25) is 0 Å². The van der Waals surface area contributed by atoms with Gasteiger partial charge in [-0.15, -0.1) is 0 Å². The number of benzene rings is 1. The number of rotatable bonds is 0. The van der Waals surface area contributed by atoms with Crippen LogP contribution in [0.1, 0.15) is 36.8 Å². The second-order valence-corrected chi connectivity index (χ2v) is 3.83. The maximum Gasteiger partial charge on any atom is 0.132 e. The van der Waals surface area contributed by atoms with Gasteiger partial charge in [-0.05, 0) is 37.8 Å². The van der Waals surface area contributed by atoms with Crippen LogP contribution in [0.15, 0.2) is 24.3 Å². The van der Waals surface area contributed by atoms with Gasteiger partial charge in [0.1, 0.15) is 5.78 Å². The molecule has 2 rings (SSSR count). The summed E-state index contributed by atoms with van der Waals surface area (Å²) in [4.78, 5) is 10.2.